The third kappa shape index (κ3) is 2.19. The van der Waals surface area contributed by atoms with Crippen LogP contribution in [0.3, 0.4) is 0 Å². The van der Waals surface area contributed by atoms with Crippen LogP contribution in [0.4, 0.5) is 5.69 Å². The highest BCUT2D eigenvalue weighted by molar-refractivity contribution is 5.94. The van der Waals surface area contributed by atoms with Crippen LogP contribution in [0.25, 0.3) is 10.9 Å². The smallest absolute Gasteiger partial charge is 0.0628 e. The van der Waals surface area contributed by atoms with Crippen molar-refractivity contribution in [1.82, 2.24) is 4.98 Å². The average molecular weight is 218 g/mol. The second kappa shape index (κ2) is 5.03. The highest BCUT2D eigenvalue weighted by Crippen LogP contribution is 2.26. The molecule has 16 heavy (non-hydrogen) atoms. The molecule has 0 aliphatic heterocycles. The van der Waals surface area contributed by atoms with E-state index in [1.807, 2.05) is 6.07 Å². The van der Waals surface area contributed by atoms with E-state index in [0.717, 1.165) is 19.4 Å². The third-order valence-electron chi connectivity index (χ3n) is 2.78. The molecule has 0 fully saturated rings. The molecule has 86 valence electrons. The summed E-state index contributed by atoms with van der Waals surface area (Å²) in [5.74, 6) is 0. The molecule has 0 bridgehead atoms. The number of aryl methyl sites for hydroxylation is 1. The first-order valence-corrected chi connectivity index (χ1v) is 5.75. The molecule has 0 aliphatic rings. The fourth-order valence-corrected chi connectivity index (χ4v) is 1.95. The van der Waals surface area contributed by atoms with Crippen molar-refractivity contribution in [2.45, 2.75) is 19.8 Å². The first-order valence-electron chi connectivity index (χ1n) is 5.75. The van der Waals surface area contributed by atoms with Crippen molar-refractivity contribution in [2.24, 2.45) is 0 Å². The Morgan fingerprint density at radius 3 is 2.88 bits per heavy atom. The molecule has 0 atom stereocenters. The highest BCUT2D eigenvalue weighted by atomic mass is 16.2. The first-order chi connectivity index (χ1) is 7.83. The summed E-state index contributed by atoms with van der Waals surface area (Å²) in [5.41, 5.74) is 3.53. The minimum atomic E-state index is 0.272. The summed E-state index contributed by atoms with van der Waals surface area (Å²) in [6, 6.07) is 8.29. The molecule has 0 saturated carbocycles. The van der Waals surface area contributed by atoms with Crippen LogP contribution in [0.5, 0.6) is 0 Å². The summed E-state index contributed by atoms with van der Waals surface area (Å²) < 4.78 is 0. The molecule has 1 heterocycles. The maximum atomic E-state index is 8.72. The molecule has 2 rings (SSSR count). The van der Waals surface area contributed by atoms with Crippen LogP contribution in [0.2, 0.25) is 0 Å². The lowest BCUT2D eigenvalue weighted by molar-refractivity contribution is 0.286. The van der Waals surface area contributed by atoms with Gasteiger partial charge in [0.1, 0.15) is 0 Å². The molecule has 0 spiro atoms. The number of aromatic nitrogens is 1. The van der Waals surface area contributed by atoms with Gasteiger partial charge in [0.2, 0.25) is 0 Å². The van der Waals surface area contributed by atoms with E-state index in [1.165, 1.54) is 22.3 Å². The van der Waals surface area contributed by atoms with E-state index >= 15 is 0 Å². The van der Waals surface area contributed by atoms with Gasteiger partial charge in [-0.25, -0.2) is 0 Å². The van der Waals surface area contributed by atoms with Gasteiger partial charge in [0.15, 0.2) is 0 Å². The summed E-state index contributed by atoms with van der Waals surface area (Å²) in [6.45, 7) is 3.26. The minimum absolute atomic E-state index is 0.272. The first kappa shape index (κ1) is 11.0. The maximum Gasteiger partial charge on any atom is 0.0628 e. The largest absolute Gasteiger partial charge is 0.396 e. The number of fused-ring (bicyclic) bond motifs is 1. The van der Waals surface area contributed by atoms with Crippen LogP contribution in [-0.2, 0) is 0 Å². The number of rotatable bonds is 5. The van der Waals surface area contributed by atoms with Gasteiger partial charge in [0.05, 0.1) is 5.69 Å². The summed E-state index contributed by atoms with van der Waals surface area (Å²) >= 11 is 0. The lowest BCUT2D eigenvalue weighted by atomic mass is 10.2. The number of benzene rings is 1. The fourth-order valence-electron chi connectivity index (χ4n) is 1.95. The normalized spacial score (nSPS) is 10.9. The van der Waals surface area contributed by atoms with Gasteiger partial charge in [-0.1, -0.05) is 18.2 Å². The number of aliphatic hydroxyl groups is 1. The average Bonchev–Trinajstić information content (AvgIpc) is 2.61. The monoisotopic (exact) mass is 218 g/mol. The zero-order valence-corrected chi connectivity index (χ0v) is 9.59. The molecule has 1 aromatic heterocycles. The second-order valence-corrected chi connectivity index (χ2v) is 4.03. The number of anilines is 1. The summed E-state index contributed by atoms with van der Waals surface area (Å²) in [7, 11) is 0. The van der Waals surface area contributed by atoms with E-state index in [1.54, 1.807) is 0 Å². The standard InChI is InChI=1S/C13H18N2O/c1-10-13(14-8-4-5-9-16)11-6-2-3-7-12(11)15-10/h2-3,6-7,14-16H,4-5,8-9H2,1H3. The number of hydrogen-bond donors (Lipinski definition) is 3. The lowest BCUT2D eigenvalue weighted by Crippen LogP contribution is -2.02. The molecule has 0 aliphatic carbocycles. The van der Waals surface area contributed by atoms with E-state index in [2.05, 4.69) is 35.4 Å². The topological polar surface area (TPSA) is 48.0 Å². The van der Waals surface area contributed by atoms with Crippen molar-refractivity contribution >= 4 is 16.6 Å². The van der Waals surface area contributed by atoms with Gasteiger partial charge in [-0.3, -0.25) is 0 Å². The zero-order chi connectivity index (χ0) is 11.4. The quantitative estimate of drug-likeness (QED) is 0.676. The Kier molecular flexibility index (Phi) is 3.47. The van der Waals surface area contributed by atoms with Crippen molar-refractivity contribution in [2.75, 3.05) is 18.5 Å². The minimum Gasteiger partial charge on any atom is -0.396 e. The van der Waals surface area contributed by atoms with Gasteiger partial charge in [-0.05, 0) is 25.8 Å². The number of hydrogen-bond acceptors (Lipinski definition) is 2. The number of aromatic amines is 1. The molecular weight excluding hydrogens is 200 g/mol. The van der Waals surface area contributed by atoms with Crippen molar-refractivity contribution in [3.63, 3.8) is 0 Å². The molecule has 3 nitrogen and oxygen atoms in total. The lowest BCUT2D eigenvalue weighted by Gasteiger charge is -2.05. The van der Waals surface area contributed by atoms with Crippen LogP contribution in [0.1, 0.15) is 18.5 Å². The Morgan fingerprint density at radius 1 is 1.25 bits per heavy atom. The van der Waals surface area contributed by atoms with Gasteiger partial charge < -0.3 is 15.4 Å². The van der Waals surface area contributed by atoms with E-state index in [-0.39, 0.29) is 6.61 Å². The van der Waals surface area contributed by atoms with E-state index in [4.69, 9.17) is 5.11 Å². The van der Waals surface area contributed by atoms with Crippen LogP contribution < -0.4 is 5.32 Å². The molecule has 0 amide bonds. The molecule has 3 heteroatoms. The zero-order valence-electron chi connectivity index (χ0n) is 9.59. The molecule has 1 aromatic carbocycles. The molecule has 2 aromatic rings. The van der Waals surface area contributed by atoms with Crippen LogP contribution >= 0.6 is 0 Å². The Balaban J connectivity index is 2.13. The van der Waals surface area contributed by atoms with Crippen molar-refractivity contribution < 1.29 is 5.11 Å². The van der Waals surface area contributed by atoms with Crippen molar-refractivity contribution in [1.29, 1.82) is 0 Å². The SMILES string of the molecule is Cc1[nH]c2ccccc2c1NCCCCO. The molecule has 0 radical (unpaired) electrons. The van der Waals surface area contributed by atoms with Crippen LogP contribution in [-0.4, -0.2) is 23.2 Å². The highest BCUT2D eigenvalue weighted by Gasteiger charge is 2.06. The van der Waals surface area contributed by atoms with Gasteiger partial charge in [0.25, 0.3) is 0 Å². The predicted molar refractivity (Wildman–Crippen MR) is 67.8 cm³/mol. The summed E-state index contributed by atoms with van der Waals surface area (Å²) in [6.07, 6.45) is 1.85. The maximum absolute atomic E-state index is 8.72. The van der Waals surface area contributed by atoms with Gasteiger partial charge >= 0.3 is 0 Å². The van der Waals surface area contributed by atoms with Crippen LogP contribution in [0, 0.1) is 6.92 Å². The van der Waals surface area contributed by atoms with Crippen molar-refractivity contribution in [3.05, 3.63) is 30.0 Å². The van der Waals surface area contributed by atoms with Gasteiger partial charge in [0, 0.05) is 29.7 Å². The van der Waals surface area contributed by atoms with Gasteiger partial charge in [-0.2, -0.15) is 0 Å². The van der Waals surface area contributed by atoms with E-state index < -0.39 is 0 Å². The number of aliphatic hydroxyl groups excluding tert-OH is 1. The number of nitrogens with one attached hydrogen (secondary N) is 2. The van der Waals surface area contributed by atoms with E-state index in [0.29, 0.717) is 0 Å². The summed E-state index contributed by atoms with van der Waals surface area (Å²) in [4.78, 5) is 3.36. The summed E-state index contributed by atoms with van der Waals surface area (Å²) in [5, 5.41) is 13.4. The Hall–Kier alpha value is -1.48. The molecular formula is C13H18N2O. The fraction of sp³-hybridized carbons (Fsp3) is 0.385. The number of para-hydroxylation sites is 1. The van der Waals surface area contributed by atoms with Crippen molar-refractivity contribution in [3.8, 4) is 0 Å². The number of H-pyrrole nitrogens is 1. The Bertz CT molecular complexity index is 462. The predicted octanol–water partition coefficient (Wildman–Crippen LogP) is 2.66. The Morgan fingerprint density at radius 2 is 2.06 bits per heavy atom. The van der Waals surface area contributed by atoms with Crippen LogP contribution in [0.15, 0.2) is 24.3 Å². The second-order valence-electron chi connectivity index (χ2n) is 4.03. The number of unbranched alkanes of at least 4 members (excludes halogenated alkanes) is 1. The Labute approximate surface area is 95.5 Å². The van der Waals surface area contributed by atoms with E-state index in [9.17, 15) is 0 Å². The molecule has 0 unspecified atom stereocenters. The van der Waals surface area contributed by atoms with Gasteiger partial charge in [-0.15, -0.1) is 0 Å². The third-order valence-corrected chi connectivity index (χ3v) is 2.78. The molecule has 0 saturated heterocycles. The molecule has 3 N–H and O–H groups in total.